The van der Waals surface area contributed by atoms with Gasteiger partial charge >= 0.3 is 7.82 Å². The van der Waals surface area contributed by atoms with Crippen molar-refractivity contribution in [2.75, 3.05) is 6.61 Å². The number of carbonyl (C=O) groups is 2. The molecule has 172 valence electrons. The van der Waals surface area contributed by atoms with E-state index in [1.54, 1.807) is 6.92 Å². The maximum Gasteiger partial charge on any atom is 0.470 e. The summed E-state index contributed by atoms with van der Waals surface area (Å²) in [6.07, 6.45) is 5.40. The predicted octanol–water partition coefficient (Wildman–Crippen LogP) is 2.90. The SMILES string of the molecule is C[C@@H]1C[C@H]2[C@@H]3C[C@H](F)C4=CC(=O)C=C[C@]4(C)[C@H]3CC[C@]2(C)[C@@]1(O)C(=O)COP(=O)(O)O. The number of phosphoric acid groups is 1. The van der Waals surface area contributed by atoms with Crippen molar-refractivity contribution in [3.63, 3.8) is 0 Å². The Morgan fingerprint density at radius 1 is 1.29 bits per heavy atom. The van der Waals surface area contributed by atoms with Crippen LogP contribution in [0.15, 0.2) is 23.8 Å². The van der Waals surface area contributed by atoms with Crippen LogP contribution in [0.1, 0.15) is 46.5 Å². The molecule has 4 aliphatic carbocycles. The molecule has 0 aromatic rings. The lowest BCUT2D eigenvalue weighted by Crippen LogP contribution is -2.60. The Kier molecular flexibility index (Phi) is 5.31. The Labute approximate surface area is 181 Å². The van der Waals surface area contributed by atoms with E-state index in [2.05, 4.69) is 4.52 Å². The number of hydrogen-bond donors (Lipinski definition) is 3. The lowest BCUT2D eigenvalue weighted by molar-refractivity contribution is -0.169. The fourth-order valence-corrected chi connectivity index (χ4v) is 7.67. The van der Waals surface area contributed by atoms with Crippen LogP contribution >= 0.6 is 7.82 Å². The van der Waals surface area contributed by atoms with Crippen LogP contribution < -0.4 is 0 Å². The van der Waals surface area contributed by atoms with Crippen LogP contribution in [0.25, 0.3) is 0 Å². The minimum atomic E-state index is -4.85. The molecule has 0 heterocycles. The van der Waals surface area contributed by atoms with E-state index in [0.29, 0.717) is 24.8 Å². The molecule has 0 bridgehead atoms. The summed E-state index contributed by atoms with van der Waals surface area (Å²) in [5.74, 6) is -1.53. The summed E-state index contributed by atoms with van der Waals surface area (Å²) in [7, 11) is -4.85. The minimum absolute atomic E-state index is 0.0827. The van der Waals surface area contributed by atoms with Gasteiger partial charge in [0, 0.05) is 10.8 Å². The molecule has 0 aliphatic heterocycles. The van der Waals surface area contributed by atoms with Crippen molar-refractivity contribution < 1.29 is 38.0 Å². The Hall–Kier alpha value is -1.18. The summed E-state index contributed by atoms with van der Waals surface area (Å²) in [5.41, 5.74) is -2.71. The molecular formula is C22H30FO7P. The highest BCUT2D eigenvalue weighted by Gasteiger charge is 2.69. The van der Waals surface area contributed by atoms with Crippen molar-refractivity contribution in [1.29, 1.82) is 0 Å². The predicted molar refractivity (Wildman–Crippen MR) is 109 cm³/mol. The summed E-state index contributed by atoms with van der Waals surface area (Å²) >= 11 is 0. The number of phosphoric ester groups is 1. The van der Waals surface area contributed by atoms with E-state index in [4.69, 9.17) is 9.79 Å². The van der Waals surface area contributed by atoms with Gasteiger partial charge in [-0.1, -0.05) is 26.8 Å². The summed E-state index contributed by atoms with van der Waals surface area (Å²) < 4.78 is 30.8. The standard InChI is InChI=1S/C22H30FO7P/c1-12-8-16-14-10-18(23)17-9-13(24)4-6-20(17,2)15(14)5-7-21(16,3)22(12,26)19(25)11-30-31(27,28)29/h4,6,9,12,14-16,18,26H,5,7-8,10-11H2,1-3H3,(H2,27,28,29)/t12-,14-,15+,16+,18+,20-,21+,22+/m1/s1. The van der Waals surface area contributed by atoms with Crippen molar-refractivity contribution in [2.45, 2.75) is 58.2 Å². The highest BCUT2D eigenvalue weighted by Crippen LogP contribution is 2.68. The topological polar surface area (TPSA) is 121 Å². The molecule has 7 nitrogen and oxygen atoms in total. The van der Waals surface area contributed by atoms with Crippen molar-refractivity contribution in [2.24, 2.45) is 34.5 Å². The molecule has 4 aliphatic rings. The zero-order valence-electron chi connectivity index (χ0n) is 18.0. The molecule has 3 fully saturated rings. The van der Waals surface area contributed by atoms with Crippen LogP contribution in [0, 0.1) is 34.5 Å². The summed E-state index contributed by atoms with van der Waals surface area (Å²) in [6.45, 7) is 4.70. The van der Waals surface area contributed by atoms with Crippen molar-refractivity contribution >= 4 is 19.4 Å². The first-order valence-electron chi connectivity index (χ1n) is 10.8. The normalized spacial score (nSPS) is 46.7. The zero-order chi connectivity index (χ0) is 23.0. The fourth-order valence-electron chi connectivity index (χ4n) is 7.39. The lowest BCUT2D eigenvalue weighted by Gasteiger charge is -2.58. The van der Waals surface area contributed by atoms with E-state index in [1.807, 2.05) is 19.9 Å². The molecule has 8 atom stereocenters. The highest BCUT2D eigenvalue weighted by molar-refractivity contribution is 7.46. The summed E-state index contributed by atoms with van der Waals surface area (Å²) in [6, 6.07) is 0. The number of ketones is 2. The van der Waals surface area contributed by atoms with Gasteiger partial charge in [-0.2, -0.15) is 0 Å². The van der Waals surface area contributed by atoms with E-state index in [-0.39, 0.29) is 30.0 Å². The second-order valence-electron chi connectivity index (χ2n) is 10.2. The second-order valence-corrected chi connectivity index (χ2v) is 11.5. The average Bonchev–Trinajstić information content (AvgIpc) is 2.89. The van der Waals surface area contributed by atoms with Crippen molar-refractivity contribution in [3.05, 3.63) is 23.8 Å². The first-order valence-corrected chi connectivity index (χ1v) is 12.3. The first-order chi connectivity index (χ1) is 14.2. The number of halogens is 1. The van der Waals surface area contributed by atoms with E-state index in [9.17, 15) is 19.3 Å². The number of fused-ring (bicyclic) bond motifs is 5. The van der Waals surface area contributed by atoms with Gasteiger partial charge in [-0.3, -0.25) is 14.1 Å². The van der Waals surface area contributed by atoms with Gasteiger partial charge in [-0.25, -0.2) is 8.96 Å². The minimum Gasteiger partial charge on any atom is -0.381 e. The molecule has 4 rings (SSSR count). The average molecular weight is 456 g/mol. The molecular weight excluding hydrogens is 426 g/mol. The quantitative estimate of drug-likeness (QED) is 0.556. The molecule has 0 spiro atoms. The molecule has 3 saturated carbocycles. The van der Waals surface area contributed by atoms with Crippen LogP contribution in [0.3, 0.4) is 0 Å². The molecule has 0 radical (unpaired) electrons. The van der Waals surface area contributed by atoms with Gasteiger partial charge in [0.05, 0.1) is 0 Å². The van der Waals surface area contributed by atoms with Crippen LogP contribution in [0.5, 0.6) is 0 Å². The fraction of sp³-hybridized carbons (Fsp3) is 0.727. The molecule has 0 aromatic carbocycles. The number of alkyl halides is 1. The van der Waals surface area contributed by atoms with Gasteiger partial charge in [0.1, 0.15) is 18.4 Å². The van der Waals surface area contributed by atoms with Crippen molar-refractivity contribution in [3.8, 4) is 0 Å². The molecule has 3 N–H and O–H groups in total. The van der Waals surface area contributed by atoms with E-state index >= 15 is 4.39 Å². The number of Topliss-reactive ketones (excluding diaryl/α,β-unsaturated/α-hetero) is 1. The van der Waals surface area contributed by atoms with Gasteiger partial charge in [0.25, 0.3) is 0 Å². The van der Waals surface area contributed by atoms with Crippen LogP contribution in [0.2, 0.25) is 0 Å². The third-order valence-electron chi connectivity index (χ3n) is 8.91. The molecule has 0 aromatic heterocycles. The van der Waals surface area contributed by atoms with Crippen LogP contribution in [-0.2, 0) is 18.7 Å². The third-order valence-corrected chi connectivity index (χ3v) is 9.37. The monoisotopic (exact) mass is 456 g/mol. The molecule has 9 heteroatoms. The van der Waals surface area contributed by atoms with E-state index < -0.39 is 48.7 Å². The zero-order valence-corrected chi connectivity index (χ0v) is 18.8. The van der Waals surface area contributed by atoms with Gasteiger partial charge in [0.2, 0.25) is 0 Å². The molecule has 0 amide bonds. The first kappa shape index (κ1) is 23.0. The Balaban J connectivity index is 1.67. The molecule has 0 saturated heterocycles. The Morgan fingerprint density at radius 2 is 1.97 bits per heavy atom. The number of allylic oxidation sites excluding steroid dienone is 4. The lowest BCUT2D eigenvalue weighted by atomic mass is 9.46. The van der Waals surface area contributed by atoms with Crippen molar-refractivity contribution in [1.82, 2.24) is 0 Å². The molecule has 0 unspecified atom stereocenters. The Bertz CT molecular complexity index is 925. The third kappa shape index (κ3) is 3.25. The van der Waals surface area contributed by atoms with E-state index in [0.717, 1.165) is 0 Å². The van der Waals surface area contributed by atoms with Gasteiger partial charge < -0.3 is 14.9 Å². The number of carbonyl (C=O) groups excluding carboxylic acids is 2. The highest BCUT2D eigenvalue weighted by atomic mass is 31.2. The van der Waals surface area contributed by atoms with Gasteiger partial charge in [0.15, 0.2) is 11.6 Å². The van der Waals surface area contributed by atoms with Gasteiger partial charge in [-0.15, -0.1) is 0 Å². The smallest absolute Gasteiger partial charge is 0.381 e. The maximum absolute atomic E-state index is 15.3. The number of aliphatic hydroxyl groups is 1. The maximum atomic E-state index is 15.3. The largest absolute Gasteiger partial charge is 0.470 e. The molecule has 31 heavy (non-hydrogen) atoms. The summed E-state index contributed by atoms with van der Waals surface area (Å²) in [5, 5.41) is 11.6. The van der Waals surface area contributed by atoms with Crippen LogP contribution in [-0.4, -0.2) is 44.8 Å². The van der Waals surface area contributed by atoms with Crippen LogP contribution in [0.4, 0.5) is 4.39 Å². The van der Waals surface area contributed by atoms with Gasteiger partial charge in [-0.05, 0) is 67.1 Å². The van der Waals surface area contributed by atoms with E-state index in [1.165, 1.54) is 12.2 Å². The Morgan fingerprint density at radius 3 is 2.61 bits per heavy atom. The number of hydrogen-bond acceptors (Lipinski definition) is 5. The second kappa shape index (κ2) is 7.16. The summed E-state index contributed by atoms with van der Waals surface area (Å²) in [4.78, 5) is 42.8. The number of rotatable bonds is 4.